The fourth-order valence-electron chi connectivity index (χ4n) is 2.74. The molecule has 0 fully saturated rings. The van der Waals surface area contributed by atoms with Gasteiger partial charge in [-0.15, -0.1) is 0 Å². The molecule has 0 aliphatic carbocycles. The summed E-state index contributed by atoms with van der Waals surface area (Å²) in [6.45, 7) is -1.49. The summed E-state index contributed by atoms with van der Waals surface area (Å²) in [6, 6.07) is 13.6. The molecule has 1 atom stereocenters. The van der Waals surface area contributed by atoms with Crippen molar-refractivity contribution in [1.29, 1.82) is 0 Å². The topological polar surface area (TPSA) is 97.0 Å². The molecule has 2 amide bonds. The third kappa shape index (κ3) is 5.03. The van der Waals surface area contributed by atoms with E-state index in [0.29, 0.717) is 5.69 Å². The quantitative estimate of drug-likeness (QED) is 0.771. The van der Waals surface area contributed by atoms with Gasteiger partial charge in [-0.05, 0) is 24.3 Å². The summed E-state index contributed by atoms with van der Waals surface area (Å²) in [6.07, 6.45) is -4.56. The number of anilines is 2. The standard InChI is InChI=1S/C19H17F3N4O3/c20-19(21,22)11-29-16-9-5-4-8-13(16)24-18(28)14-10-15(17(23)27)26(25-14)12-6-2-1-3-7-12/h1-9,15H,10-11H2,(H2,23,27)(H,24,28)/t15-/m1/s1. The molecule has 0 radical (unpaired) electrons. The Labute approximate surface area is 163 Å². The second kappa shape index (κ2) is 8.21. The molecular weight excluding hydrogens is 389 g/mol. The van der Waals surface area contributed by atoms with E-state index in [1.54, 1.807) is 30.3 Å². The van der Waals surface area contributed by atoms with Gasteiger partial charge in [0.15, 0.2) is 6.61 Å². The van der Waals surface area contributed by atoms with Crippen LogP contribution in [-0.2, 0) is 9.59 Å². The molecule has 0 bridgehead atoms. The number of primary amides is 1. The Kier molecular flexibility index (Phi) is 5.71. The van der Waals surface area contributed by atoms with Crippen molar-refractivity contribution in [2.24, 2.45) is 10.8 Å². The Morgan fingerprint density at radius 3 is 2.45 bits per heavy atom. The van der Waals surface area contributed by atoms with Crippen molar-refractivity contribution < 1.29 is 27.5 Å². The zero-order chi connectivity index (χ0) is 21.0. The van der Waals surface area contributed by atoms with Gasteiger partial charge in [0.05, 0.1) is 11.4 Å². The second-order valence-electron chi connectivity index (χ2n) is 6.20. The van der Waals surface area contributed by atoms with Crippen molar-refractivity contribution in [3.05, 3.63) is 54.6 Å². The number of nitrogens with two attached hydrogens (primary N) is 1. The number of para-hydroxylation sites is 3. The Balaban J connectivity index is 1.78. The number of carbonyl (C=O) groups excluding carboxylic acids is 2. The summed E-state index contributed by atoms with van der Waals surface area (Å²) in [5.41, 5.74) is 6.08. The molecular formula is C19H17F3N4O3. The van der Waals surface area contributed by atoms with E-state index < -0.39 is 30.6 Å². The number of benzene rings is 2. The Morgan fingerprint density at radius 2 is 1.79 bits per heavy atom. The summed E-state index contributed by atoms with van der Waals surface area (Å²) < 4.78 is 42.0. The number of alkyl halides is 3. The largest absolute Gasteiger partial charge is 0.482 e. The fourth-order valence-corrected chi connectivity index (χ4v) is 2.74. The lowest BCUT2D eigenvalue weighted by Crippen LogP contribution is -2.39. The highest BCUT2D eigenvalue weighted by Crippen LogP contribution is 2.28. The van der Waals surface area contributed by atoms with Crippen LogP contribution in [0.2, 0.25) is 0 Å². The van der Waals surface area contributed by atoms with Crippen LogP contribution < -0.4 is 20.8 Å². The number of nitrogens with one attached hydrogen (secondary N) is 1. The van der Waals surface area contributed by atoms with E-state index in [-0.39, 0.29) is 23.6 Å². The van der Waals surface area contributed by atoms with Crippen molar-refractivity contribution in [3.63, 3.8) is 0 Å². The van der Waals surface area contributed by atoms with Crippen LogP contribution in [0.4, 0.5) is 24.5 Å². The molecule has 0 saturated heterocycles. The molecule has 3 N–H and O–H groups in total. The van der Waals surface area contributed by atoms with Gasteiger partial charge in [0, 0.05) is 6.42 Å². The average Bonchev–Trinajstić information content (AvgIpc) is 3.13. The number of hydrazone groups is 1. The number of hydrogen-bond donors (Lipinski definition) is 2. The fraction of sp³-hybridized carbons (Fsp3) is 0.211. The minimum Gasteiger partial charge on any atom is -0.482 e. The highest BCUT2D eigenvalue weighted by Gasteiger charge is 2.35. The third-order valence-corrected chi connectivity index (χ3v) is 4.05. The maximum atomic E-state index is 12.6. The first kappa shape index (κ1) is 20.2. The zero-order valence-electron chi connectivity index (χ0n) is 15.0. The number of carbonyl (C=O) groups is 2. The monoisotopic (exact) mass is 406 g/mol. The first-order chi connectivity index (χ1) is 13.7. The van der Waals surface area contributed by atoms with E-state index in [9.17, 15) is 22.8 Å². The summed E-state index contributed by atoms with van der Waals surface area (Å²) in [4.78, 5) is 24.4. The van der Waals surface area contributed by atoms with Crippen LogP contribution in [0.25, 0.3) is 0 Å². The number of halogens is 3. The van der Waals surface area contributed by atoms with Gasteiger partial charge in [0.25, 0.3) is 5.91 Å². The van der Waals surface area contributed by atoms with Gasteiger partial charge in [0.1, 0.15) is 17.5 Å². The van der Waals surface area contributed by atoms with Crippen LogP contribution in [0.15, 0.2) is 59.7 Å². The minimum absolute atomic E-state index is 0.0169. The van der Waals surface area contributed by atoms with Gasteiger partial charge < -0.3 is 15.8 Å². The molecule has 29 heavy (non-hydrogen) atoms. The maximum absolute atomic E-state index is 12.6. The van der Waals surface area contributed by atoms with E-state index >= 15 is 0 Å². The molecule has 10 heteroatoms. The number of hydrogen-bond acceptors (Lipinski definition) is 5. The molecule has 1 heterocycles. The van der Waals surface area contributed by atoms with Crippen LogP contribution in [0, 0.1) is 0 Å². The predicted molar refractivity (Wildman–Crippen MR) is 101 cm³/mol. The van der Waals surface area contributed by atoms with E-state index in [0.717, 1.165) is 0 Å². The normalized spacial score (nSPS) is 16.3. The van der Waals surface area contributed by atoms with Gasteiger partial charge in [-0.1, -0.05) is 30.3 Å². The lowest BCUT2D eigenvalue weighted by Gasteiger charge is -2.20. The molecule has 1 aliphatic heterocycles. The van der Waals surface area contributed by atoms with Gasteiger partial charge in [-0.2, -0.15) is 18.3 Å². The molecule has 2 aromatic carbocycles. The Bertz CT molecular complexity index is 932. The summed E-state index contributed by atoms with van der Waals surface area (Å²) >= 11 is 0. The Hall–Kier alpha value is -3.56. The van der Waals surface area contributed by atoms with Crippen molar-refractivity contribution in [1.82, 2.24) is 0 Å². The van der Waals surface area contributed by atoms with E-state index in [1.165, 1.54) is 29.3 Å². The van der Waals surface area contributed by atoms with Crippen LogP contribution in [-0.4, -0.2) is 36.4 Å². The van der Waals surface area contributed by atoms with Crippen LogP contribution >= 0.6 is 0 Å². The molecule has 0 spiro atoms. The Morgan fingerprint density at radius 1 is 1.14 bits per heavy atom. The first-order valence-corrected chi connectivity index (χ1v) is 8.55. The predicted octanol–water partition coefficient (Wildman–Crippen LogP) is 2.69. The maximum Gasteiger partial charge on any atom is 0.422 e. The van der Waals surface area contributed by atoms with Crippen LogP contribution in [0.1, 0.15) is 6.42 Å². The summed E-state index contributed by atoms with van der Waals surface area (Å²) in [5.74, 6) is -1.46. The molecule has 0 aromatic heterocycles. The third-order valence-electron chi connectivity index (χ3n) is 4.05. The van der Waals surface area contributed by atoms with Crippen molar-refractivity contribution in [2.45, 2.75) is 18.6 Å². The number of rotatable bonds is 6. The lowest BCUT2D eigenvalue weighted by atomic mass is 10.1. The molecule has 1 aliphatic rings. The molecule has 3 rings (SSSR count). The molecule has 2 aromatic rings. The second-order valence-corrected chi connectivity index (χ2v) is 6.20. The zero-order valence-corrected chi connectivity index (χ0v) is 15.0. The van der Waals surface area contributed by atoms with Crippen LogP contribution in [0.5, 0.6) is 5.75 Å². The molecule has 7 nitrogen and oxygen atoms in total. The van der Waals surface area contributed by atoms with E-state index in [2.05, 4.69) is 10.4 Å². The van der Waals surface area contributed by atoms with E-state index in [1.807, 2.05) is 0 Å². The number of nitrogens with zero attached hydrogens (tertiary/aromatic N) is 2. The van der Waals surface area contributed by atoms with Crippen molar-refractivity contribution in [2.75, 3.05) is 16.9 Å². The molecule has 152 valence electrons. The molecule has 0 unspecified atom stereocenters. The summed E-state index contributed by atoms with van der Waals surface area (Å²) in [7, 11) is 0. The molecule has 0 saturated carbocycles. The van der Waals surface area contributed by atoms with Crippen molar-refractivity contribution >= 4 is 28.9 Å². The van der Waals surface area contributed by atoms with Crippen LogP contribution in [0.3, 0.4) is 0 Å². The lowest BCUT2D eigenvalue weighted by molar-refractivity contribution is -0.153. The average molecular weight is 406 g/mol. The first-order valence-electron chi connectivity index (χ1n) is 8.55. The highest BCUT2D eigenvalue weighted by atomic mass is 19.4. The van der Waals surface area contributed by atoms with Crippen molar-refractivity contribution in [3.8, 4) is 5.75 Å². The SMILES string of the molecule is NC(=O)[C@H]1CC(C(=O)Nc2ccccc2OCC(F)(F)F)=NN1c1ccccc1. The van der Waals surface area contributed by atoms with E-state index in [4.69, 9.17) is 10.5 Å². The highest BCUT2D eigenvalue weighted by molar-refractivity contribution is 6.44. The van der Waals surface area contributed by atoms with Gasteiger partial charge in [-0.3, -0.25) is 14.6 Å². The number of amides is 2. The minimum atomic E-state index is -4.52. The summed E-state index contributed by atoms with van der Waals surface area (Å²) in [5, 5.41) is 8.02. The van der Waals surface area contributed by atoms with Gasteiger partial charge >= 0.3 is 6.18 Å². The number of ether oxygens (including phenoxy) is 1. The van der Waals surface area contributed by atoms with Gasteiger partial charge in [0.2, 0.25) is 5.91 Å². The van der Waals surface area contributed by atoms with Gasteiger partial charge in [-0.25, -0.2) is 0 Å². The smallest absolute Gasteiger partial charge is 0.422 e.